The molecule has 1 heterocycles. The monoisotopic (exact) mass is 418 g/mol. The third kappa shape index (κ3) is 5.59. The number of ether oxygens (including phenoxy) is 1. The molecule has 0 aliphatic heterocycles. The fraction of sp³-hybridized carbons (Fsp3) is 0.750. The molecule has 0 aromatic carbocycles. The van der Waals surface area contributed by atoms with Crippen molar-refractivity contribution >= 4 is 5.97 Å². The van der Waals surface area contributed by atoms with E-state index in [1.165, 1.54) is 32.1 Å². The molecule has 2 aliphatic rings. The maximum atomic E-state index is 11.9. The molecule has 0 saturated heterocycles. The zero-order valence-corrected chi connectivity index (χ0v) is 18.5. The molecule has 3 rings (SSSR count). The van der Waals surface area contributed by atoms with E-state index >= 15 is 0 Å². The number of aliphatic carboxylic acids is 1. The molecule has 0 spiro atoms. The smallest absolute Gasteiger partial charge is 0.337 e. The zero-order valence-electron chi connectivity index (χ0n) is 18.5. The van der Waals surface area contributed by atoms with Gasteiger partial charge >= 0.3 is 5.97 Å². The van der Waals surface area contributed by atoms with E-state index in [4.69, 9.17) is 10.5 Å². The maximum Gasteiger partial charge on any atom is 0.337 e. The minimum atomic E-state index is -2.01. The molecule has 1 saturated carbocycles. The van der Waals surface area contributed by atoms with Crippen molar-refractivity contribution in [1.29, 1.82) is 0 Å². The summed E-state index contributed by atoms with van der Waals surface area (Å²) in [7, 11) is 0. The molecule has 6 nitrogen and oxygen atoms in total. The molecule has 30 heavy (non-hydrogen) atoms. The van der Waals surface area contributed by atoms with Gasteiger partial charge in [-0.15, -0.1) is 0 Å². The Morgan fingerprint density at radius 1 is 1.30 bits per heavy atom. The van der Waals surface area contributed by atoms with E-state index in [2.05, 4.69) is 4.98 Å². The predicted octanol–water partition coefficient (Wildman–Crippen LogP) is 3.27. The number of aromatic nitrogens is 1. The second kappa shape index (κ2) is 10.2. The van der Waals surface area contributed by atoms with Crippen LogP contribution in [0.5, 0.6) is 0 Å². The molecule has 1 unspecified atom stereocenters. The van der Waals surface area contributed by atoms with Gasteiger partial charge in [-0.2, -0.15) is 0 Å². The molecule has 2 aliphatic carbocycles. The molecular formula is C24H38N2O4. The van der Waals surface area contributed by atoms with E-state index in [9.17, 15) is 15.0 Å². The van der Waals surface area contributed by atoms with Crippen molar-refractivity contribution in [3.8, 4) is 0 Å². The molecule has 6 heteroatoms. The number of carbonyl (C=O) groups is 1. The molecule has 3 atom stereocenters. The Hall–Kier alpha value is -1.50. The topological polar surface area (TPSA) is 106 Å². The fourth-order valence-corrected chi connectivity index (χ4v) is 4.97. The molecule has 1 aromatic rings. The lowest BCUT2D eigenvalue weighted by Gasteiger charge is -2.33. The van der Waals surface area contributed by atoms with Crippen molar-refractivity contribution < 1.29 is 19.7 Å². The lowest BCUT2D eigenvalue weighted by molar-refractivity contribution is -0.161. The summed E-state index contributed by atoms with van der Waals surface area (Å²) in [4.78, 5) is 16.4. The molecule has 0 amide bonds. The predicted molar refractivity (Wildman–Crippen MR) is 116 cm³/mol. The van der Waals surface area contributed by atoms with Crippen LogP contribution in [0.1, 0.15) is 75.6 Å². The number of fused-ring (bicyclic) bond motifs is 1. The average molecular weight is 419 g/mol. The van der Waals surface area contributed by atoms with Gasteiger partial charge in [-0.3, -0.25) is 4.98 Å². The quantitative estimate of drug-likeness (QED) is 0.568. The Balaban J connectivity index is 1.68. The number of rotatable bonds is 9. The van der Waals surface area contributed by atoms with Crippen molar-refractivity contribution in [1.82, 2.24) is 4.98 Å². The van der Waals surface area contributed by atoms with E-state index in [0.717, 1.165) is 37.0 Å². The van der Waals surface area contributed by atoms with Crippen LogP contribution >= 0.6 is 0 Å². The van der Waals surface area contributed by atoms with Gasteiger partial charge in [-0.25, -0.2) is 4.79 Å². The van der Waals surface area contributed by atoms with Crippen LogP contribution in [-0.2, 0) is 28.8 Å². The fourth-order valence-electron chi connectivity index (χ4n) is 4.97. The summed E-state index contributed by atoms with van der Waals surface area (Å²) in [5.41, 5.74) is 6.99. The third-order valence-electron chi connectivity index (χ3n) is 6.84. The van der Waals surface area contributed by atoms with Crippen molar-refractivity contribution in [3.63, 3.8) is 0 Å². The van der Waals surface area contributed by atoms with Crippen LogP contribution in [0.3, 0.4) is 0 Å². The first-order valence-corrected chi connectivity index (χ1v) is 11.6. The molecular weight excluding hydrogens is 380 g/mol. The normalized spacial score (nSPS) is 23.0. The number of hydrogen-bond acceptors (Lipinski definition) is 5. The second-order valence-electron chi connectivity index (χ2n) is 9.74. The van der Waals surface area contributed by atoms with Crippen LogP contribution in [0.4, 0.5) is 0 Å². The summed E-state index contributed by atoms with van der Waals surface area (Å²) in [5.74, 6) is -0.383. The molecule has 0 bridgehead atoms. The minimum Gasteiger partial charge on any atom is -0.479 e. The summed E-state index contributed by atoms with van der Waals surface area (Å²) in [5, 5.41) is 20.7. The van der Waals surface area contributed by atoms with Crippen LogP contribution in [0.2, 0.25) is 0 Å². The molecule has 0 radical (unpaired) electrons. The second-order valence-corrected chi connectivity index (χ2v) is 9.74. The van der Waals surface area contributed by atoms with Crippen LogP contribution in [0.25, 0.3) is 0 Å². The zero-order chi connectivity index (χ0) is 21.7. The van der Waals surface area contributed by atoms with Crippen LogP contribution in [0, 0.1) is 11.8 Å². The largest absolute Gasteiger partial charge is 0.479 e. The van der Waals surface area contributed by atoms with Gasteiger partial charge < -0.3 is 20.7 Å². The van der Waals surface area contributed by atoms with Gasteiger partial charge in [-0.05, 0) is 67.6 Å². The lowest BCUT2D eigenvalue weighted by atomic mass is 9.81. The number of carboxylic acids is 1. The molecule has 168 valence electrons. The van der Waals surface area contributed by atoms with E-state index in [0.29, 0.717) is 18.0 Å². The van der Waals surface area contributed by atoms with E-state index < -0.39 is 17.6 Å². The highest BCUT2D eigenvalue weighted by atomic mass is 16.5. The highest BCUT2D eigenvalue weighted by Gasteiger charge is 2.43. The number of aliphatic hydroxyl groups is 1. The first-order valence-electron chi connectivity index (χ1n) is 11.6. The number of hydrogen-bond donors (Lipinski definition) is 3. The van der Waals surface area contributed by atoms with Crippen molar-refractivity contribution in [2.45, 2.75) is 95.8 Å². The standard InChI is InChI=1S/C24H38N2O4/c1-16(2)12-22(25)24(29,23(27)28)14-21-20-9-8-19(13-18(20)10-11-26-21)30-15-17-6-4-3-5-7-17/h10-11,16-17,19,22,29H,3-9,12-15,25H2,1-2H3,(H,27,28)/t19?,22-,24+/m0/s1. The van der Waals surface area contributed by atoms with Crippen LogP contribution in [0.15, 0.2) is 12.3 Å². The highest BCUT2D eigenvalue weighted by molar-refractivity contribution is 5.78. The number of nitrogens with two attached hydrogens (primary N) is 1. The van der Waals surface area contributed by atoms with Crippen molar-refractivity contribution in [2.75, 3.05) is 6.61 Å². The maximum absolute atomic E-state index is 11.9. The highest BCUT2D eigenvalue weighted by Crippen LogP contribution is 2.30. The summed E-state index contributed by atoms with van der Waals surface area (Å²) < 4.78 is 6.26. The molecule has 1 fully saturated rings. The van der Waals surface area contributed by atoms with E-state index in [1.807, 2.05) is 19.9 Å². The third-order valence-corrected chi connectivity index (χ3v) is 6.84. The van der Waals surface area contributed by atoms with E-state index in [-0.39, 0.29) is 18.4 Å². The lowest BCUT2D eigenvalue weighted by Crippen LogP contribution is -2.56. The van der Waals surface area contributed by atoms with Gasteiger partial charge in [0.25, 0.3) is 0 Å². The summed E-state index contributed by atoms with van der Waals surface area (Å²) in [6, 6.07) is 1.16. The van der Waals surface area contributed by atoms with Crippen molar-refractivity contribution in [2.24, 2.45) is 17.6 Å². The first kappa shape index (κ1) is 23.2. The van der Waals surface area contributed by atoms with Gasteiger partial charge in [0.15, 0.2) is 5.60 Å². The summed E-state index contributed by atoms with van der Waals surface area (Å²) in [6.45, 7) is 4.79. The number of nitrogens with zero attached hydrogens (tertiary/aromatic N) is 1. The number of pyridine rings is 1. The van der Waals surface area contributed by atoms with Gasteiger partial charge in [-0.1, -0.05) is 33.1 Å². The van der Waals surface area contributed by atoms with Gasteiger partial charge in [0, 0.05) is 31.0 Å². The minimum absolute atomic E-state index is 0.0625. The Labute approximate surface area is 180 Å². The summed E-state index contributed by atoms with van der Waals surface area (Å²) >= 11 is 0. The first-order chi connectivity index (χ1) is 14.3. The number of carboxylic acid groups (broad SMARTS) is 1. The Morgan fingerprint density at radius 3 is 2.70 bits per heavy atom. The average Bonchev–Trinajstić information content (AvgIpc) is 2.72. The van der Waals surface area contributed by atoms with E-state index in [1.54, 1.807) is 6.20 Å². The Kier molecular flexibility index (Phi) is 7.88. The Bertz CT molecular complexity index is 717. The summed E-state index contributed by atoms with van der Waals surface area (Å²) in [6.07, 6.45) is 11.4. The SMILES string of the molecule is CC(C)C[C@H](N)[C@](O)(Cc1nccc2c1CCC(OCC1CCCCC1)C2)C(=O)O. The molecule has 1 aromatic heterocycles. The van der Waals surface area contributed by atoms with Crippen LogP contribution in [-0.4, -0.2) is 45.5 Å². The Morgan fingerprint density at radius 2 is 2.03 bits per heavy atom. The van der Waals surface area contributed by atoms with Gasteiger partial charge in [0.2, 0.25) is 0 Å². The molecule has 4 N–H and O–H groups in total. The van der Waals surface area contributed by atoms with Crippen LogP contribution < -0.4 is 5.73 Å². The van der Waals surface area contributed by atoms with Gasteiger partial charge in [0.1, 0.15) is 0 Å². The van der Waals surface area contributed by atoms with Gasteiger partial charge in [0.05, 0.1) is 6.10 Å². The van der Waals surface area contributed by atoms with Crippen molar-refractivity contribution in [3.05, 3.63) is 29.1 Å².